The van der Waals surface area contributed by atoms with Crippen molar-refractivity contribution in [1.82, 2.24) is 0 Å². The van der Waals surface area contributed by atoms with E-state index in [9.17, 15) is 0 Å². The van der Waals surface area contributed by atoms with Crippen LogP contribution >= 0.6 is 15.9 Å². The second kappa shape index (κ2) is 6.58. The van der Waals surface area contributed by atoms with Gasteiger partial charge < -0.3 is 5.84 Å². The van der Waals surface area contributed by atoms with Crippen LogP contribution in [0.1, 0.15) is 11.1 Å². The van der Waals surface area contributed by atoms with Gasteiger partial charge in [0.25, 0.3) is 0 Å². The van der Waals surface area contributed by atoms with Crippen LogP contribution in [0.5, 0.6) is 0 Å². The number of nitrogens with zero attached hydrogens (tertiary/aromatic N) is 1. The third kappa shape index (κ3) is 2.95. The normalized spacial score (nSPS) is 11.4. The topological polar surface area (TPSA) is 38.4 Å². The SMILES string of the molecule is NN=C(c1ccccc1)c1ccccc1-c1ccc(Br)cc1. The van der Waals surface area contributed by atoms with Crippen LogP contribution in [0, 0.1) is 0 Å². The molecule has 22 heavy (non-hydrogen) atoms. The molecule has 0 bridgehead atoms. The van der Waals surface area contributed by atoms with E-state index in [0.717, 1.165) is 32.4 Å². The van der Waals surface area contributed by atoms with Crippen LogP contribution in [0.2, 0.25) is 0 Å². The predicted molar refractivity (Wildman–Crippen MR) is 95.8 cm³/mol. The van der Waals surface area contributed by atoms with Gasteiger partial charge in [-0.3, -0.25) is 0 Å². The van der Waals surface area contributed by atoms with Crippen molar-refractivity contribution in [1.29, 1.82) is 0 Å². The maximum atomic E-state index is 5.69. The summed E-state index contributed by atoms with van der Waals surface area (Å²) in [5, 5.41) is 4.04. The Morgan fingerprint density at radius 2 is 1.41 bits per heavy atom. The summed E-state index contributed by atoms with van der Waals surface area (Å²) in [6.07, 6.45) is 0. The molecule has 0 atom stereocenters. The fraction of sp³-hybridized carbons (Fsp3) is 0. The molecule has 0 spiro atoms. The molecule has 2 N–H and O–H groups in total. The summed E-state index contributed by atoms with van der Waals surface area (Å²) in [6, 6.07) is 26.4. The van der Waals surface area contributed by atoms with E-state index in [1.54, 1.807) is 0 Å². The van der Waals surface area contributed by atoms with Gasteiger partial charge in [0.2, 0.25) is 0 Å². The number of hydrogen-bond donors (Lipinski definition) is 1. The molecular weight excluding hydrogens is 336 g/mol. The van der Waals surface area contributed by atoms with Gasteiger partial charge in [-0.25, -0.2) is 0 Å². The predicted octanol–water partition coefficient (Wildman–Crippen LogP) is 4.83. The van der Waals surface area contributed by atoms with Crippen LogP contribution in [0.4, 0.5) is 0 Å². The van der Waals surface area contributed by atoms with Gasteiger partial charge in [-0.15, -0.1) is 0 Å². The van der Waals surface area contributed by atoms with Gasteiger partial charge in [-0.2, -0.15) is 5.10 Å². The van der Waals surface area contributed by atoms with Crippen molar-refractivity contribution < 1.29 is 0 Å². The van der Waals surface area contributed by atoms with E-state index in [1.807, 2.05) is 54.6 Å². The molecule has 0 aliphatic rings. The maximum absolute atomic E-state index is 5.69. The lowest BCUT2D eigenvalue weighted by molar-refractivity contribution is 1.24. The zero-order valence-electron chi connectivity index (χ0n) is 11.9. The largest absolute Gasteiger partial charge is 0.323 e. The Morgan fingerprint density at radius 1 is 0.773 bits per heavy atom. The zero-order valence-corrected chi connectivity index (χ0v) is 13.5. The zero-order chi connectivity index (χ0) is 15.4. The standard InChI is InChI=1S/C19H15BrN2/c20-16-12-10-14(11-13-16)17-8-4-5-9-18(17)19(22-21)15-6-2-1-3-7-15/h1-13H,21H2. The molecule has 2 nitrogen and oxygen atoms in total. The van der Waals surface area contributed by atoms with Gasteiger partial charge in [0.1, 0.15) is 0 Å². The number of halogens is 1. The van der Waals surface area contributed by atoms with Crippen molar-refractivity contribution in [2.75, 3.05) is 0 Å². The summed E-state index contributed by atoms with van der Waals surface area (Å²) in [6.45, 7) is 0. The molecule has 3 aromatic carbocycles. The lowest BCUT2D eigenvalue weighted by Crippen LogP contribution is -2.08. The van der Waals surface area contributed by atoms with E-state index >= 15 is 0 Å². The first kappa shape index (κ1) is 14.5. The van der Waals surface area contributed by atoms with Gasteiger partial charge >= 0.3 is 0 Å². The van der Waals surface area contributed by atoms with E-state index in [4.69, 9.17) is 5.84 Å². The second-order valence-corrected chi connectivity index (χ2v) is 5.81. The number of hydrazone groups is 1. The Kier molecular flexibility index (Phi) is 4.35. The monoisotopic (exact) mass is 350 g/mol. The number of rotatable bonds is 3. The number of benzene rings is 3. The van der Waals surface area contributed by atoms with Crippen molar-refractivity contribution in [3.8, 4) is 11.1 Å². The lowest BCUT2D eigenvalue weighted by atomic mass is 9.93. The van der Waals surface area contributed by atoms with Crippen LogP contribution in [0.3, 0.4) is 0 Å². The summed E-state index contributed by atoms with van der Waals surface area (Å²) in [5.74, 6) is 5.69. The lowest BCUT2D eigenvalue weighted by Gasteiger charge is -2.12. The first-order chi connectivity index (χ1) is 10.8. The van der Waals surface area contributed by atoms with Gasteiger partial charge in [0, 0.05) is 15.6 Å². The minimum Gasteiger partial charge on any atom is -0.323 e. The molecule has 0 saturated heterocycles. The Labute approximate surface area is 138 Å². The molecule has 0 amide bonds. The van der Waals surface area contributed by atoms with Gasteiger partial charge in [-0.05, 0) is 23.3 Å². The molecule has 0 aromatic heterocycles. The highest BCUT2D eigenvalue weighted by molar-refractivity contribution is 9.10. The first-order valence-electron chi connectivity index (χ1n) is 6.98. The fourth-order valence-corrected chi connectivity index (χ4v) is 2.73. The molecule has 0 radical (unpaired) electrons. The van der Waals surface area contributed by atoms with Crippen LogP contribution < -0.4 is 5.84 Å². The fourth-order valence-electron chi connectivity index (χ4n) is 2.47. The summed E-state index contributed by atoms with van der Waals surface area (Å²) in [7, 11) is 0. The molecular formula is C19H15BrN2. The van der Waals surface area contributed by atoms with Crippen molar-refractivity contribution in [2.24, 2.45) is 10.9 Å². The van der Waals surface area contributed by atoms with Crippen LogP contribution in [-0.2, 0) is 0 Å². The van der Waals surface area contributed by atoms with Crippen molar-refractivity contribution in [2.45, 2.75) is 0 Å². The van der Waals surface area contributed by atoms with E-state index in [2.05, 4.69) is 45.3 Å². The number of nitrogens with two attached hydrogens (primary N) is 1. The summed E-state index contributed by atoms with van der Waals surface area (Å²) >= 11 is 3.47. The molecule has 3 rings (SSSR count). The smallest absolute Gasteiger partial charge is 0.0977 e. The van der Waals surface area contributed by atoms with Gasteiger partial charge in [0.05, 0.1) is 5.71 Å². The molecule has 0 aliphatic carbocycles. The first-order valence-corrected chi connectivity index (χ1v) is 7.77. The highest BCUT2D eigenvalue weighted by Crippen LogP contribution is 2.27. The van der Waals surface area contributed by atoms with Crippen molar-refractivity contribution in [3.63, 3.8) is 0 Å². The van der Waals surface area contributed by atoms with Crippen LogP contribution in [0.15, 0.2) is 88.4 Å². The molecule has 108 valence electrons. The molecule has 3 aromatic rings. The van der Waals surface area contributed by atoms with Gasteiger partial charge in [-0.1, -0.05) is 82.7 Å². The summed E-state index contributed by atoms with van der Waals surface area (Å²) in [4.78, 5) is 0. The van der Waals surface area contributed by atoms with Crippen molar-refractivity contribution >= 4 is 21.6 Å². The maximum Gasteiger partial charge on any atom is 0.0977 e. The molecule has 0 aliphatic heterocycles. The van der Waals surface area contributed by atoms with Gasteiger partial charge in [0.15, 0.2) is 0 Å². The third-order valence-corrected chi connectivity index (χ3v) is 4.04. The van der Waals surface area contributed by atoms with Crippen LogP contribution in [0.25, 0.3) is 11.1 Å². The summed E-state index contributed by atoms with van der Waals surface area (Å²) < 4.78 is 1.06. The Balaban J connectivity index is 2.14. The Hall–Kier alpha value is -2.39. The summed E-state index contributed by atoms with van der Waals surface area (Å²) in [5.41, 5.74) is 5.08. The average Bonchev–Trinajstić information content (AvgIpc) is 2.58. The molecule has 3 heteroatoms. The van der Waals surface area contributed by atoms with E-state index < -0.39 is 0 Å². The van der Waals surface area contributed by atoms with E-state index in [-0.39, 0.29) is 0 Å². The third-order valence-electron chi connectivity index (χ3n) is 3.51. The minimum atomic E-state index is 0.791. The molecule has 0 saturated carbocycles. The van der Waals surface area contributed by atoms with E-state index in [0.29, 0.717) is 0 Å². The minimum absolute atomic E-state index is 0.791. The average molecular weight is 351 g/mol. The van der Waals surface area contributed by atoms with Crippen LogP contribution in [-0.4, -0.2) is 5.71 Å². The molecule has 0 fully saturated rings. The Morgan fingerprint density at radius 3 is 2.09 bits per heavy atom. The quantitative estimate of drug-likeness (QED) is 0.410. The highest BCUT2D eigenvalue weighted by Gasteiger charge is 2.12. The second-order valence-electron chi connectivity index (χ2n) is 4.90. The molecule has 0 unspecified atom stereocenters. The number of hydrogen-bond acceptors (Lipinski definition) is 2. The van der Waals surface area contributed by atoms with Crippen molar-refractivity contribution in [3.05, 3.63) is 94.5 Å². The molecule has 0 heterocycles. The highest BCUT2D eigenvalue weighted by atomic mass is 79.9. The Bertz CT molecular complexity index is 793. The van der Waals surface area contributed by atoms with E-state index in [1.165, 1.54) is 0 Å².